The van der Waals surface area contributed by atoms with Crippen molar-refractivity contribution in [3.05, 3.63) is 90.8 Å². The number of aliphatic hydroxyl groups excluding tert-OH is 2. The molecular weight excluding hydrogens is 496 g/mol. The maximum absolute atomic E-state index is 12.8. The van der Waals surface area contributed by atoms with Crippen LogP contribution in [0.2, 0.25) is 0 Å². The van der Waals surface area contributed by atoms with Crippen molar-refractivity contribution >= 4 is 23.2 Å². The second-order valence-corrected chi connectivity index (χ2v) is 9.60. The van der Waals surface area contributed by atoms with E-state index < -0.39 is 11.6 Å². The van der Waals surface area contributed by atoms with Crippen LogP contribution in [0, 0.1) is 0 Å². The fourth-order valence-corrected chi connectivity index (χ4v) is 4.34. The molecule has 0 unspecified atom stereocenters. The Morgan fingerprint density at radius 3 is 2.41 bits per heavy atom. The van der Waals surface area contributed by atoms with Gasteiger partial charge in [-0.25, -0.2) is 14.5 Å². The molecule has 0 aliphatic carbocycles. The number of rotatable bonds is 12. The van der Waals surface area contributed by atoms with Crippen LogP contribution >= 0.6 is 0 Å². The van der Waals surface area contributed by atoms with Crippen LogP contribution in [0.5, 0.6) is 11.6 Å². The van der Waals surface area contributed by atoms with Crippen molar-refractivity contribution in [3.8, 4) is 11.6 Å². The normalized spacial score (nSPS) is 11.2. The molecule has 204 valence electrons. The van der Waals surface area contributed by atoms with Crippen molar-refractivity contribution in [2.45, 2.75) is 25.8 Å². The van der Waals surface area contributed by atoms with Crippen molar-refractivity contribution in [2.75, 3.05) is 41.8 Å². The van der Waals surface area contributed by atoms with Crippen LogP contribution < -0.4 is 20.3 Å². The lowest BCUT2D eigenvalue weighted by Crippen LogP contribution is -2.33. The molecule has 0 aliphatic rings. The van der Waals surface area contributed by atoms with Gasteiger partial charge in [0.1, 0.15) is 11.6 Å². The SMILES string of the molecule is CC(C)(Cc1cccc(N(CCO)CCO)c1)n1nccc1NC(=O)Nc1ccc(Oc2ccccn2)cc1. The fraction of sp³-hybridized carbons (Fsp3) is 0.276. The number of urea groups is 1. The Morgan fingerprint density at radius 1 is 0.949 bits per heavy atom. The summed E-state index contributed by atoms with van der Waals surface area (Å²) in [5.74, 6) is 1.66. The molecule has 2 heterocycles. The summed E-state index contributed by atoms with van der Waals surface area (Å²) in [6.45, 7) is 4.99. The number of pyridine rings is 1. The van der Waals surface area contributed by atoms with Crippen molar-refractivity contribution in [2.24, 2.45) is 0 Å². The first kappa shape index (κ1) is 27.6. The van der Waals surface area contributed by atoms with Crippen molar-refractivity contribution in [1.82, 2.24) is 14.8 Å². The van der Waals surface area contributed by atoms with E-state index >= 15 is 0 Å². The lowest BCUT2D eigenvalue weighted by atomic mass is 9.94. The quantitative estimate of drug-likeness (QED) is 0.213. The summed E-state index contributed by atoms with van der Waals surface area (Å²) in [4.78, 5) is 18.9. The molecule has 10 nitrogen and oxygen atoms in total. The number of carbonyl (C=O) groups excluding carboxylic acids is 1. The summed E-state index contributed by atoms with van der Waals surface area (Å²) >= 11 is 0. The van der Waals surface area contributed by atoms with Crippen LogP contribution in [0.25, 0.3) is 0 Å². The van der Waals surface area contributed by atoms with E-state index in [0.717, 1.165) is 11.3 Å². The Hall–Kier alpha value is -4.41. The number of hydrogen-bond donors (Lipinski definition) is 4. The molecule has 0 bridgehead atoms. The van der Waals surface area contributed by atoms with E-state index in [1.54, 1.807) is 53.5 Å². The minimum Gasteiger partial charge on any atom is -0.439 e. The van der Waals surface area contributed by atoms with Gasteiger partial charge in [-0.3, -0.25) is 5.32 Å². The van der Waals surface area contributed by atoms with E-state index in [0.29, 0.717) is 42.6 Å². The molecule has 39 heavy (non-hydrogen) atoms. The number of carbonyl (C=O) groups is 1. The molecule has 0 radical (unpaired) electrons. The number of benzene rings is 2. The maximum Gasteiger partial charge on any atom is 0.324 e. The van der Waals surface area contributed by atoms with E-state index in [4.69, 9.17) is 4.74 Å². The first-order valence-corrected chi connectivity index (χ1v) is 12.7. The Kier molecular flexibility index (Phi) is 9.14. The van der Waals surface area contributed by atoms with E-state index in [9.17, 15) is 15.0 Å². The highest BCUT2D eigenvalue weighted by atomic mass is 16.5. The van der Waals surface area contributed by atoms with Gasteiger partial charge in [0, 0.05) is 42.8 Å². The smallest absolute Gasteiger partial charge is 0.324 e. The highest BCUT2D eigenvalue weighted by molar-refractivity contribution is 5.99. The molecule has 0 aliphatic heterocycles. The summed E-state index contributed by atoms with van der Waals surface area (Å²) in [5.41, 5.74) is 2.14. The molecule has 2 aromatic heterocycles. The topological polar surface area (TPSA) is 125 Å². The molecule has 2 amide bonds. The van der Waals surface area contributed by atoms with Crippen LogP contribution in [0.3, 0.4) is 0 Å². The van der Waals surface area contributed by atoms with E-state index in [2.05, 4.69) is 40.6 Å². The summed E-state index contributed by atoms with van der Waals surface area (Å²) in [5, 5.41) is 29.0. The van der Waals surface area contributed by atoms with E-state index in [-0.39, 0.29) is 13.2 Å². The van der Waals surface area contributed by atoms with Gasteiger partial charge in [0.15, 0.2) is 0 Å². The van der Waals surface area contributed by atoms with Crippen molar-refractivity contribution < 1.29 is 19.7 Å². The number of ether oxygens (including phenoxy) is 1. The minimum atomic E-state index is -0.464. The first-order chi connectivity index (χ1) is 18.9. The standard InChI is InChI=1S/C29H34N6O4/c1-29(2,21-22-6-5-7-24(20-22)34(16-18-36)17-19-37)35-26(13-15-31-35)33-28(38)32-23-9-11-25(12-10-23)39-27-8-3-4-14-30-27/h3-15,20,36-37H,16-19,21H2,1-2H3,(H2,32,33,38). The highest BCUT2D eigenvalue weighted by Gasteiger charge is 2.25. The van der Waals surface area contributed by atoms with E-state index in [1.165, 1.54) is 0 Å². The van der Waals surface area contributed by atoms with Crippen LogP contribution in [-0.4, -0.2) is 57.3 Å². The lowest BCUT2D eigenvalue weighted by Gasteiger charge is -2.29. The lowest BCUT2D eigenvalue weighted by molar-refractivity contribution is 0.261. The van der Waals surface area contributed by atoms with Crippen molar-refractivity contribution in [1.29, 1.82) is 0 Å². The summed E-state index contributed by atoms with van der Waals surface area (Å²) < 4.78 is 7.49. The summed E-state index contributed by atoms with van der Waals surface area (Å²) in [7, 11) is 0. The number of aromatic nitrogens is 3. The van der Waals surface area contributed by atoms with Gasteiger partial charge in [-0.1, -0.05) is 18.2 Å². The maximum atomic E-state index is 12.8. The number of anilines is 3. The Balaban J connectivity index is 1.39. The molecule has 0 saturated heterocycles. The number of hydrogen-bond acceptors (Lipinski definition) is 7. The number of nitrogens with one attached hydrogen (secondary N) is 2. The zero-order valence-corrected chi connectivity index (χ0v) is 22.1. The third-order valence-electron chi connectivity index (χ3n) is 6.08. The summed E-state index contributed by atoms with van der Waals surface area (Å²) in [6.07, 6.45) is 3.95. The predicted octanol–water partition coefficient (Wildman–Crippen LogP) is 4.48. The molecule has 10 heteroatoms. The Bertz CT molecular complexity index is 1340. The number of nitrogens with zero attached hydrogens (tertiary/aromatic N) is 4. The predicted molar refractivity (Wildman–Crippen MR) is 151 cm³/mol. The number of aliphatic hydroxyl groups is 2. The van der Waals surface area contributed by atoms with Gasteiger partial charge in [-0.2, -0.15) is 5.10 Å². The second-order valence-electron chi connectivity index (χ2n) is 9.60. The number of amides is 2. The van der Waals surface area contributed by atoms with Gasteiger partial charge in [-0.05, 0) is 68.3 Å². The minimum absolute atomic E-state index is 0.00317. The average Bonchev–Trinajstić information content (AvgIpc) is 3.39. The zero-order chi connectivity index (χ0) is 27.7. The van der Waals surface area contributed by atoms with E-state index in [1.807, 2.05) is 35.2 Å². The van der Waals surface area contributed by atoms with Crippen LogP contribution in [-0.2, 0) is 12.0 Å². The molecule has 0 saturated carbocycles. The largest absolute Gasteiger partial charge is 0.439 e. The van der Waals surface area contributed by atoms with Gasteiger partial charge < -0.3 is 25.2 Å². The molecule has 0 fully saturated rings. The van der Waals surface area contributed by atoms with Gasteiger partial charge >= 0.3 is 6.03 Å². The molecule has 0 spiro atoms. The molecule has 4 N–H and O–H groups in total. The van der Waals surface area contributed by atoms with Gasteiger partial charge in [0.25, 0.3) is 0 Å². The van der Waals surface area contributed by atoms with Crippen LogP contribution in [0.1, 0.15) is 19.4 Å². The molecule has 4 rings (SSSR count). The van der Waals surface area contributed by atoms with Crippen LogP contribution in [0.15, 0.2) is 85.2 Å². The first-order valence-electron chi connectivity index (χ1n) is 12.7. The monoisotopic (exact) mass is 530 g/mol. The van der Waals surface area contributed by atoms with Gasteiger partial charge in [0.05, 0.1) is 24.9 Å². The zero-order valence-electron chi connectivity index (χ0n) is 22.1. The third kappa shape index (κ3) is 7.56. The Labute approximate surface area is 227 Å². The van der Waals surface area contributed by atoms with Gasteiger partial charge in [-0.15, -0.1) is 0 Å². The highest BCUT2D eigenvalue weighted by Crippen LogP contribution is 2.27. The molecular formula is C29H34N6O4. The molecule has 4 aromatic rings. The molecule has 2 aromatic carbocycles. The Morgan fingerprint density at radius 2 is 1.72 bits per heavy atom. The second kappa shape index (κ2) is 12.9. The van der Waals surface area contributed by atoms with Crippen LogP contribution in [0.4, 0.5) is 22.0 Å². The van der Waals surface area contributed by atoms with Gasteiger partial charge in [0.2, 0.25) is 5.88 Å². The fourth-order valence-electron chi connectivity index (χ4n) is 4.34. The average molecular weight is 531 g/mol. The summed E-state index contributed by atoms with van der Waals surface area (Å²) in [6, 6.07) is 21.8. The van der Waals surface area contributed by atoms with Crippen molar-refractivity contribution in [3.63, 3.8) is 0 Å². The molecule has 0 atom stereocenters. The third-order valence-corrected chi connectivity index (χ3v) is 6.08.